The quantitative estimate of drug-likeness (QED) is 0.681. The summed E-state index contributed by atoms with van der Waals surface area (Å²) in [5, 5.41) is 7.12. The number of ether oxygens (including phenoxy) is 1. The van der Waals surface area contributed by atoms with Crippen LogP contribution in [0.2, 0.25) is 0 Å². The van der Waals surface area contributed by atoms with Gasteiger partial charge in [-0.3, -0.25) is 9.78 Å². The van der Waals surface area contributed by atoms with Crippen molar-refractivity contribution >= 4 is 21.9 Å². The number of amides is 1. The SMILES string of the molecule is Cc1ccnc(C(=O)N2CC3(CCC(CNS(C)(=O)=O)CO3)C2)c1.O=C(O)C(F)(F)F. The average molecular weight is 467 g/mol. The predicted molar refractivity (Wildman–Crippen MR) is 103 cm³/mol. The second kappa shape index (κ2) is 9.49. The largest absolute Gasteiger partial charge is 0.490 e. The molecule has 31 heavy (non-hydrogen) atoms. The maximum Gasteiger partial charge on any atom is 0.490 e. The highest BCUT2D eigenvalue weighted by molar-refractivity contribution is 7.88. The van der Waals surface area contributed by atoms with E-state index in [1.165, 1.54) is 0 Å². The van der Waals surface area contributed by atoms with Crippen molar-refractivity contribution in [2.75, 3.05) is 32.5 Å². The van der Waals surface area contributed by atoms with Gasteiger partial charge in [-0.15, -0.1) is 0 Å². The Morgan fingerprint density at radius 3 is 2.45 bits per heavy atom. The van der Waals surface area contributed by atoms with Gasteiger partial charge in [0.1, 0.15) is 11.3 Å². The molecule has 1 aromatic heterocycles. The van der Waals surface area contributed by atoms with E-state index in [9.17, 15) is 26.4 Å². The third-order valence-electron chi connectivity index (χ3n) is 4.89. The van der Waals surface area contributed by atoms with Crippen LogP contribution in [0.3, 0.4) is 0 Å². The predicted octanol–water partition coefficient (Wildman–Crippen LogP) is 1.19. The molecule has 2 fully saturated rings. The summed E-state index contributed by atoms with van der Waals surface area (Å²) in [6.07, 6.45) is -0.539. The molecule has 174 valence electrons. The number of hydrogen-bond donors (Lipinski definition) is 2. The van der Waals surface area contributed by atoms with Crippen molar-refractivity contribution in [1.82, 2.24) is 14.6 Å². The maximum absolute atomic E-state index is 12.4. The molecule has 2 aliphatic heterocycles. The molecule has 2 aliphatic rings. The van der Waals surface area contributed by atoms with Gasteiger partial charge < -0.3 is 14.7 Å². The second-order valence-electron chi connectivity index (χ2n) is 7.70. The van der Waals surface area contributed by atoms with Gasteiger partial charge in [0.15, 0.2) is 0 Å². The molecule has 1 spiro atoms. The second-order valence-corrected chi connectivity index (χ2v) is 9.53. The lowest BCUT2D eigenvalue weighted by molar-refractivity contribution is -0.192. The molecule has 0 aliphatic carbocycles. The molecule has 1 aromatic rings. The fourth-order valence-electron chi connectivity index (χ4n) is 3.21. The van der Waals surface area contributed by atoms with E-state index in [2.05, 4.69) is 9.71 Å². The normalized spacial score (nSPS) is 20.4. The Morgan fingerprint density at radius 2 is 2.00 bits per heavy atom. The van der Waals surface area contributed by atoms with Crippen LogP contribution in [0.25, 0.3) is 0 Å². The first-order valence-electron chi connectivity index (χ1n) is 9.31. The lowest BCUT2D eigenvalue weighted by Gasteiger charge is -2.52. The van der Waals surface area contributed by atoms with Crippen LogP contribution in [0.1, 0.15) is 28.9 Å². The third kappa shape index (κ3) is 7.43. The number of carbonyl (C=O) groups is 2. The summed E-state index contributed by atoms with van der Waals surface area (Å²) < 4.78 is 62.5. The van der Waals surface area contributed by atoms with E-state index in [1.54, 1.807) is 17.2 Å². The van der Waals surface area contributed by atoms with Crippen molar-refractivity contribution < 1.29 is 41.0 Å². The maximum atomic E-state index is 12.4. The van der Waals surface area contributed by atoms with E-state index in [-0.39, 0.29) is 17.4 Å². The molecule has 3 heterocycles. The van der Waals surface area contributed by atoms with E-state index >= 15 is 0 Å². The van der Waals surface area contributed by atoms with Crippen LogP contribution in [-0.2, 0) is 19.6 Å². The van der Waals surface area contributed by atoms with Gasteiger partial charge in [-0.1, -0.05) is 0 Å². The van der Waals surface area contributed by atoms with Crippen LogP contribution in [0.5, 0.6) is 0 Å². The smallest absolute Gasteiger partial charge is 0.475 e. The molecule has 0 saturated carbocycles. The molecule has 0 bridgehead atoms. The highest BCUT2D eigenvalue weighted by atomic mass is 32.2. The molecule has 13 heteroatoms. The Hall–Kier alpha value is -2.25. The number of nitrogens with one attached hydrogen (secondary N) is 1. The topological polar surface area (TPSA) is 126 Å². The van der Waals surface area contributed by atoms with Gasteiger partial charge in [0.2, 0.25) is 10.0 Å². The van der Waals surface area contributed by atoms with Gasteiger partial charge >= 0.3 is 12.1 Å². The average Bonchev–Trinajstić information content (AvgIpc) is 2.63. The van der Waals surface area contributed by atoms with Crippen LogP contribution >= 0.6 is 0 Å². The highest BCUT2D eigenvalue weighted by Crippen LogP contribution is 2.36. The minimum Gasteiger partial charge on any atom is -0.475 e. The summed E-state index contributed by atoms with van der Waals surface area (Å²) in [6, 6.07) is 3.66. The highest BCUT2D eigenvalue weighted by Gasteiger charge is 2.48. The van der Waals surface area contributed by atoms with Crippen LogP contribution in [0, 0.1) is 12.8 Å². The van der Waals surface area contributed by atoms with E-state index in [4.69, 9.17) is 14.6 Å². The fourth-order valence-corrected chi connectivity index (χ4v) is 3.74. The van der Waals surface area contributed by atoms with Crippen molar-refractivity contribution in [3.63, 3.8) is 0 Å². The monoisotopic (exact) mass is 467 g/mol. The lowest BCUT2D eigenvalue weighted by atomic mass is 9.83. The minimum atomic E-state index is -5.08. The van der Waals surface area contributed by atoms with Crippen LogP contribution < -0.4 is 4.72 Å². The standard InChI is InChI=1S/C16H23N3O4S.C2HF3O2/c1-12-4-6-17-14(7-12)15(20)19-10-16(11-19)5-3-13(9-23-16)8-18-24(2,21)22;3-2(4,5)1(6)7/h4,6-7,13,18H,3,5,8-11H2,1-2H3;(H,6,7). The molecule has 2 N–H and O–H groups in total. The Morgan fingerprint density at radius 1 is 1.39 bits per heavy atom. The molecule has 1 atom stereocenters. The van der Waals surface area contributed by atoms with Crippen molar-refractivity contribution in [3.05, 3.63) is 29.6 Å². The van der Waals surface area contributed by atoms with Crippen molar-refractivity contribution in [1.29, 1.82) is 0 Å². The van der Waals surface area contributed by atoms with Gasteiger partial charge in [-0.25, -0.2) is 17.9 Å². The van der Waals surface area contributed by atoms with Crippen LogP contribution in [-0.4, -0.2) is 79.6 Å². The van der Waals surface area contributed by atoms with Crippen molar-refractivity contribution in [2.24, 2.45) is 5.92 Å². The van der Waals surface area contributed by atoms with Gasteiger partial charge in [0, 0.05) is 12.7 Å². The fraction of sp³-hybridized carbons (Fsp3) is 0.611. The van der Waals surface area contributed by atoms with Crippen molar-refractivity contribution in [3.8, 4) is 0 Å². The summed E-state index contributed by atoms with van der Waals surface area (Å²) in [6.45, 7) is 4.02. The number of carbonyl (C=O) groups excluding carboxylic acids is 1. The number of aromatic nitrogens is 1. The summed E-state index contributed by atoms with van der Waals surface area (Å²) in [7, 11) is -3.16. The molecule has 1 unspecified atom stereocenters. The third-order valence-corrected chi connectivity index (χ3v) is 5.58. The number of aryl methyl sites for hydroxylation is 1. The van der Waals surface area contributed by atoms with Gasteiger partial charge in [0.05, 0.1) is 26.0 Å². The van der Waals surface area contributed by atoms with Gasteiger partial charge in [-0.2, -0.15) is 13.2 Å². The molecule has 2 saturated heterocycles. The first-order valence-corrected chi connectivity index (χ1v) is 11.2. The number of rotatable bonds is 4. The first-order chi connectivity index (χ1) is 14.2. The molecule has 1 amide bonds. The number of pyridine rings is 1. The number of aliphatic carboxylic acids is 1. The summed E-state index contributed by atoms with van der Waals surface area (Å²) in [4.78, 5) is 27.2. The van der Waals surface area contributed by atoms with Gasteiger partial charge in [0.25, 0.3) is 5.91 Å². The number of halogens is 3. The molecular formula is C18H24F3N3O6S. The lowest BCUT2D eigenvalue weighted by Crippen LogP contribution is -2.66. The van der Waals surface area contributed by atoms with E-state index in [1.807, 2.05) is 13.0 Å². The van der Waals surface area contributed by atoms with E-state index < -0.39 is 22.2 Å². The number of likely N-dealkylation sites (tertiary alicyclic amines) is 1. The first kappa shape index (κ1) is 25.0. The zero-order valence-corrected chi connectivity index (χ0v) is 17.8. The number of nitrogens with zero attached hydrogens (tertiary/aromatic N) is 2. The Balaban J connectivity index is 0.000000423. The Bertz CT molecular complexity index is 906. The Labute approximate surface area is 177 Å². The molecule has 0 aromatic carbocycles. The number of carboxylic acids is 1. The zero-order chi connectivity index (χ0) is 23.4. The summed E-state index contributed by atoms with van der Waals surface area (Å²) in [5.41, 5.74) is 1.22. The van der Waals surface area contributed by atoms with Gasteiger partial charge in [-0.05, 0) is 43.4 Å². The number of alkyl halides is 3. The molecule has 0 radical (unpaired) electrons. The molecule has 3 rings (SSSR count). The van der Waals surface area contributed by atoms with Crippen LogP contribution in [0.4, 0.5) is 13.2 Å². The molecule has 9 nitrogen and oxygen atoms in total. The minimum absolute atomic E-state index is 0.0613. The van der Waals surface area contributed by atoms with Crippen LogP contribution in [0.15, 0.2) is 18.3 Å². The van der Waals surface area contributed by atoms with E-state index in [0.29, 0.717) is 31.9 Å². The summed E-state index contributed by atoms with van der Waals surface area (Å²) >= 11 is 0. The number of sulfonamides is 1. The number of carboxylic acid groups (broad SMARTS) is 1. The zero-order valence-electron chi connectivity index (χ0n) is 17.0. The Kier molecular flexibility index (Phi) is 7.66. The number of hydrogen-bond acceptors (Lipinski definition) is 6. The van der Waals surface area contributed by atoms with E-state index in [0.717, 1.165) is 24.7 Å². The molecular weight excluding hydrogens is 443 g/mol. The van der Waals surface area contributed by atoms with Crippen molar-refractivity contribution in [2.45, 2.75) is 31.5 Å². The summed E-state index contributed by atoms with van der Waals surface area (Å²) in [5.74, 6) is -2.63.